The number of hydrogen-bond donors (Lipinski definition) is 0. The van der Waals surface area contributed by atoms with Crippen molar-refractivity contribution in [3.05, 3.63) is 143 Å². The van der Waals surface area contributed by atoms with E-state index in [1.165, 1.54) is 54.9 Å². The van der Waals surface area contributed by atoms with Gasteiger partial charge in [-0.1, -0.05) is 85.0 Å². The minimum Gasteiger partial charge on any atom is -0.489 e. The summed E-state index contributed by atoms with van der Waals surface area (Å²) in [5.74, 6) is 3.12. The van der Waals surface area contributed by atoms with E-state index in [1.807, 2.05) is 48.5 Å². The zero-order chi connectivity index (χ0) is 27.2. The van der Waals surface area contributed by atoms with Crippen LogP contribution in [0.25, 0.3) is 45.8 Å². The van der Waals surface area contributed by atoms with Crippen LogP contribution >= 0.6 is 0 Å². The summed E-state index contributed by atoms with van der Waals surface area (Å²) in [5, 5.41) is 5.12. The van der Waals surface area contributed by atoms with Crippen LogP contribution in [0.2, 0.25) is 0 Å². The van der Waals surface area contributed by atoms with Crippen molar-refractivity contribution in [2.24, 2.45) is 0 Å². The van der Waals surface area contributed by atoms with E-state index in [9.17, 15) is 0 Å². The first-order valence-corrected chi connectivity index (χ1v) is 13.9. The van der Waals surface area contributed by atoms with E-state index in [0.717, 1.165) is 23.0 Å². The molecule has 0 aliphatic heterocycles. The molecule has 0 saturated heterocycles. The fraction of sp³-hybridized carbons (Fsp3) is 0.0526. The lowest BCUT2D eigenvalue weighted by molar-refractivity contribution is 0.307. The Morgan fingerprint density at radius 1 is 0.366 bits per heavy atom. The number of hydrogen-bond acceptors (Lipinski definition) is 3. The zero-order valence-corrected chi connectivity index (χ0v) is 22.3. The molecule has 8 rings (SSSR count). The molecule has 0 amide bonds. The van der Waals surface area contributed by atoms with Crippen molar-refractivity contribution in [1.82, 2.24) is 0 Å². The Morgan fingerprint density at radius 2 is 0.756 bits per heavy atom. The largest absolute Gasteiger partial charge is 0.489 e. The van der Waals surface area contributed by atoms with Crippen LogP contribution in [-0.4, -0.2) is 0 Å². The Bertz CT molecular complexity index is 1830. The molecular formula is C38H26O3. The molecule has 3 heteroatoms. The minimum atomic E-state index is 0.514. The van der Waals surface area contributed by atoms with Crippen LogP contribution in [0.3, 0.4) is 0 Å². The average Bonchev–Trinajstić information content (AvgIpc) is 3.64. The molecule has 0 heterocycles. The maximum atomic E-state index is 6.13. The summed E-state index contributed by atoms with van der Waals surface area (Å²) in [7, 11) is 0. The van der Waals surface area contributed by atoms with Crippen LogP contribution in [0.15, 0.2) is 109 Å². The Labute approximate surface area is 238 Å². The summed E-state index contributed by atoms with van der Waals surface area (Å²) in [6.07, 6.45) is 8.70. The quantitative estimate of drug-likeness (QED) is 0.196. The van der Waals surface area contributed by atoms with E-state index in [0.29, 0.717) is 13.2 Å². The molecule has 196 valence electrons. The van der Waals surface area contributed by atoms with Gasteiger partial charge in [0.1, 0.15) is 36.2 Å². The SMILES string of the molecule is C1=Cc2ccc(COc3ccc(Oc4ccc(OCc5ccc6c7c(cccc57)C=C6)cc4)cc3)c3cccc1c23. The second-order valence-electron chi connectivity index (χ2n) is 10.5. The van der Waals surface area contributed by atoms with Crippen LogP contribution in [0.4, 0.5) is 0 Å². The van der Waals surface area contributed by atoms with Gasteiger partial charge in [0.2, 0.25) is 0 Å². The highest BCUT2D eigenvalue weighted by Gasteiger charge is 2.13. The highest BCUT2D eigenvalue weighted by Crippen LogP contribution is 2.35. The zero-order valence-electron chi connectivity index (χ0n) is 22.3. The first-order valence-electron chi connectivity index (χ1n) is 13.9. The molecule has 0 unspecified atom stereocenters. The van der Waals surface area contributed by atoms with Crippen molar-refractivity contribution < 1.29 is 14.2 Å². The molecule has 2 aliphatic carbocycles. The third kappa shape index (κ3) is 4.32. The second kappa shape index (κ2) is 9.72. The lowest BCUT2D eigenvalue weighted by atomic mass is 10.00. The summed E-state index contributed by atoms with van der Waals surface area (Å²) < 4.78 is 18.3. The normalized spacial score (nSPS) is 12.4. The number of rotatable bonds is 8. The van der Waals surface area contributed by atoms with Gasteiger partial charge in [-0.3, -0.25) is 0 Å². The van der Waals surface area contributed by atoms with E-state index >= 15 is 0 Å². The van der Waals surface area contributed by atoms with Crippen molar-refractivity contribution >= 4 is 45.8 Å². The monoisotopic (exact) mass is 530 g/mol. The molecule has 3 nitrogen and oxygen atoms in total. The maximum Gasteiger partial charge on any atom is 0.127 e. The van der Waals surface area contributed by atoms with Gasteiger partial charge in [0.05, 0.1) is 0 Å². The molecule has 0 aromatic heterocycles. The molecule has 0 spiro atoms. The Morgan fingerprint density at radius 3 is 1.20 bits per heavy atom. The molecule has 6 aromatic carbocycles. The lowest BCUT2D eigenvalue weighted by Crippen LogP contribution is -1.97. The van der Waals surface area contributed by atoms with Gasteiger partial charge in [-0.15, -0.1) is 0 Å². The maximum absolute atomic E-state index is 6.13. The van der Waals surface area contributed by atoms with Gasteiger partial charge in [-0.25, -0.2) is 0 Å². The molecule has 0 atom stereocenters. The van der Waals surface area contributed by atoms with E-state index in [4.69, 9.17) is 14.2 Å². The molecule has 0 bridgehead atoms. The number of ether oxygens (including phenoxy) is 3. The summed E-state index contributed by atoms with van der Waals surface area (Å²) in [4.78, 5) is 0. The van der Waals surface area contributed by atoms with Crippen molar-refractivity contribution in [2.45, 2.75) is 13.2 Å². The average molecular weight is 531 g/mol. The Kier molecular flexibility index (Phi) is 5.60. The van der Waals surface area contributed by atoms with E-state index in [-0.39, 0.29) is 0 Å². The van der Waals surface area contributed by atoms with Crippen molar-refractivity contribution in [3.63, 3.8) is 0 Å². The van der Waals surface area contributed by atoms with Crippen LogP contribution in [0.5, 0.6) is 23.0 Å². The van der Waals surface area contributed by atoms with E-state index in [1.54, 1.807) is 0 Å². The molecule has 0 radical (unpaired) electrons. The highest BCUT2D eigenvalue weighted by atomic mass is 16.5. The van der Waals surface area contributed by atoms with Crippen molar-refractivity contribution in [3.8, 4) is 23.0 Å². The Hall–Kier alpha value is -5.28. The van der Waals surface area contributed by atoms with Gasteiger partial charge in [0, 0.05) is 0 Å². The van der Waals surface area contributed by atoms with Gasteiger partial charge in [0.15, 0.2) is 0 Å². The van der Waals surface area contributed by atoms with Crippen LogP contribution in [-0.2, 0) is 13.2 Å². The fourth-order valence-corrected chi connectivity index (χ4v) is 5.88. The van der Waals surface area contributed by atoms with Crippen LogP contribution < -0.4 is 14.2 Å². The lowest BCUT2D eigenvalue weighted by Gasteiger charge is -2.12. The third-order valence-corrected chi connectivity index (χ3v) is 7.95. The molecule has 2 aliphatic rings. The van der Waals surface area contributed by atoms with Crippen LogP contribution in [0.1, 0.15) is 33.4 Å². The molecule has 0 saturated carbocycles. The molecule has 6 aromatic rings. The fourth-order valence-electron chi connectivity index (χ4n) is 5.88. The summed E-state index contributed by atoms with van der Waals surface area (Å²) in [6, 6.07) is 37.1. The number of benzene rings is 6. The van der Waals surface area contributed by atoms with E-state index in [2.05, 4.69) is 85.0 Å². The first kappa shape index (κ1) is 23.6. The topological polar surface area (TPSA) is 27.7 Å². The minimum absolute atomic E-state index is 0.514. The second-order valence-corrected chi connectivity index (χ2v) is 10.5. The summed E-state index contributed by atoms with van der Waals surface area (Å²) >= 11 is 0. The third-order valence-electron chi connectivity index (χ3n) is 7.95. The molecular weight excluding hydrogens is 504 g/mol. The van der Waals surface area contributed by atoms with E-state index < -0.39 is 0 Å². The van der Waals surface area contributed by atoms with Crippen LogP contribution in [0, 0.1) is 0 Å². The van der Waals surface area contributed by atoms with Gasteiger partial charge in [-0.2, -0.15) is 0 Å². The Balaban J connectivity index is 0.895. The highest BCUT2D eigenvalue weighted by molar-refractivity contribution is 6.06. The van der Waals surface area contributed by atoms with Gasteiger partial charge in [-0.05, 0) is 103 Å². The standard InChI is InChI=1S/C38H26O3/c1-3-25-7-9-27-11-13-29(35(5-1)37(25)27)23-39-31-15-19-33(20-16-31)41-34-21-17-32(18-22-34)40-24-30-14-12-28-10-8-26-4-2-6-36(30)38(26)28/h1-22H,23-24H2. The smallest absolute Gasteiger partial charge is 0.127 e. The predicted octanol–water partition coefficient (Wildman–Crippen LogP) is 9.91. The summed E-state index contributed by atoms with van der Waals surface area (Å²) in [6.45, 7) is 1.03. The van der Waals surface area contributed by atoms with Gasteiger partial charge < -0.3 is 14.2 Å². The van der Waals surface area contributed by atoms with Crippen molar-refractivity contribution in [2.75, 3.05) is 0 Å². The molecule has 0 N–H and O–H groups in total. The predicted molar refractivity (Wildman–Crippen MR) is 167 cm³/mol. The molecule has 0 fully saturated rings. The van der Waals surface area contributed by atoms with Crippen molar-refractivity contribution in [1.29, 1.82) is 0 Å². The first-order chi connectivity index (χ1) is 20.3. The van der Waals surface area contributed by atoms with Gasteiger partial charge >= 0.3 is 0 Å². The molecule has 41 heavy (non-hydrogen) atoms. The summed E-state index contributed by atoms with van der Waals surface area (Å²) in [5.41, 5.74) is 7.46. The van der Waals surface area contributed by atoms with Gasteiger partial charge in [0.25, 0.3) is 0 Å².